The van der Waals surface area contributed by atoms with Gasteiger partial charge in [0.05, 0.1) is 17.0 Å². The first-order chi connectivity index (χ1) is 15.5. The van der Waals surface area contributed by atoms with Crippen LogP contribution >= 0.6 is 24.0 Å². The van der Waals surface area contributed by atoms with Crippen LogP contribution in [0.25, 0.3) is 11.7 Å². The number of aromatic nitrogens is 2. The first-order valence-electron chi connectivity index (χ1n) is 9.94. The fraction of sp³-hybridized carbons (Fsp3) is 0.182. The summed E-state index contributed by atoms with van der Waals surface area (Å²) in [5.41, 5.74) is 1.46. The third-order valence-electron chi connectivity index (χ3n) is 5.04. The van der Waals surface area contributed by atoms with E-state index in [0.29, 0.717) is 50.8 Å². The molecule has 2 aliphatic rings. The number of nitrogens with zero attached hydrogens (tertiary/aromatic N) is 3. The van der Waals surface area contributed by atoms with Crippen LogP contribution in [0.4, 0.5) is 5.82 Å². The predicted molar refractivity (Wildman–Crippen MR) is 127 cm³/mol. The van der Waals surface area contributed by atoms with Crippen molar-refractivity contribution in [1.82, 2.24) is 14.3 Å². The van der Waals surface area contributed by atoms with E-state index < -0.39 is 0 Å². The maximum Gasteiger partial charge on any atom is 0.267 e. The van der Waals surface area contributed by atoms with Crippen molar-refractivity contribution in [2.75, 3.05) is 18.7 Å². The van der Waals surface area contributed by atoms with Crippen molar-refractivity contribution in [2.24, 2.45) is 0 Å². The average molecular weight is 467 g/mol. The highest BCUT2D eigenvalue weighted by atomic mass is 32.2. The van der Waals surface area contributed by atoms with Crippen LogP contribution in [0.15, 0.2) is 52.3 Å². The van der Waals surface area contributed by atoms with Crippen LogP contribution in [0.5, 0.6) is 11.5 Å². The maximum absolute atomic E-state index is 13.1. The lowest BCUT2D eigenvalue weighted by molar-refractivity contribution is -0.122. The van der Waals surface area contributed by atoms with Gasteiger partial charge in [-0.3, -0.25) is 18.9 Å². The Kier molecular flexibility index (Phi) is 5.32. The molecule has 1 saturated heterocycles. The summed E-state index contributed by atoms with van der Waals surface area (Å²) in [6.07, 6.45) is 3.23. The molecule has 0 spiro atoms. The molecule has 1 N–H and O–H groups in total. The molecule has 4 heterocycles. The van der Waals surface area contributed by atoms with Crippen LogP contribution in [0.1, 0.15) is 18.1 Å². The molecule has 1 amide bonds. The molecule has 2 aliphatic heterocycles. The number of hydrogen-bond donors (Lipinski definition) is 1. The molecule has 0 saturated carbocycles. The molecule has 32 heavy (non-hydrogen) atoms. The van der Waals surface area contributed by atoms with Gasteiger partial charge in [-0.1, -0.05) is 36.1 Å². The first kappa shape index (κ1) is 20.5. The van der Waals surface area contributed by atoms with Gasteiger partial charge in [-0.05, 0) is 42.8 Å². The summed E-state index contributed by atoms with van der Waals surface area (Å²) in [6.45, 7) is 2.99. The molecule has 2 aromatic heterocycles. The largest absolute Gasteiger partial charge is 0.454 e. The molecule has 5 rings (SSSR count). The first-order valence-corrected chi connectivity index (χ1v) is 11.2. The van der Waals surface area contributed by atoms with E-state index in [1.54, 1.807) is 24.4 Å². The molecule has 3 aromatic rings. The predicted octanol–water partition coefficient (Wildman–Crippen LogP) is 3.26. The van der Waals surface area contributed by atoms with E-state index in [2.05, 4.69) is 10.3 Å². The zero-order valence-corrected chi connectivity index (χ0v) is 18.7. The Balaban J connectivity index is 1.49. The zero-order valence-electron chi connectivity index (χ0n) is 17.0. The van der Waals surface area contributed by atoms with Gasteiger partial charge in [-0.15, -0.1) is 0 Å². The number of nitrogens with one attached hydrogen (secondary N) is 1. The average Bonchev–Trinajstić information content (AvgIpc) is 3.36. The Bertz CT molecular complexity index is 1350. The molecule has 0 atom stereocenters. The highest BCUT2D eigenvalue weighted by Gasteiger charge is 2.33. The van der Waals surface area contributed by atoms with E-state index >= 15 is 0 Å². The fourth-order valence-corrected chi connectivity index (χ4v) is 4.76. The molecule has 0 aliphatic carbocycles. The Hall–Kier alpha value is -3.37. The van der Waals surface area contributed by atoms with Crippen LogP contribution in [0.2, 0.25) is 0 Å². The van der Waals surface area contributed by atoms with E-state index in [1.165, 1.54) is 21.1 Å². The number of amides is 1. The smallest absolute Gasteiger partial charge is 0.267 e. The number of carbonyl (C=O) groups excluding carboxylic acids is 1. The minimum absolute atomic E-state index is 0.187. The number of pyridine rings is 1. The summed E-state index contributed by atoms with van der Waals surface area (Å²) in [5, 5.41) is 3.12. The van der Waals surface area contributed by atoms with Gasteiger partial charge >= 0.3 is 0 Å². The van der Waals surface area contributed by atoms with Crippen LogP contribution < -0.4 is 20.3 Å². The second kappa shape index (κ2) is 8.29. The third-order valence-corrected chi connectivity index (χ3v) is 6.42. The lowest BCUT2D eigenvalue weighted by Gasteiger charge is -2.14. The zero-order chi connectivity index (χ0) is 22.2. The van der Waals surface area contributed by atoms with Crippen LogP contribution in [-0.2, 0) is 11.3 Å². The minimum atomic E-state index is -0.257. The lowest BCUT2D eigenvalue weighted by atomic mass is 10.2. The fourth-order valence-electron chi connectivity index (χ4n) is 3.52. The Morgan fingerprint density at radius 1 is 1.22 bits per heavy atom. The molecular formula is C22H18N4O4S2. The van der Waals surface area contributed by atoms with Crippen molar-refractivity contribution < 1.29 is 14.3 Å². The van der Waals surface area contributed by atoms with Gasteiger partial charge in [0.1, 0.15) is 15.8 Å². The highest BCUT2D eigenvalue weighted by molar-refractivity contribution is 8.26. The van der Waals surface area contributed by atoms with Gasteiger partial charge in [0.15, 0.2) is 11.5 Å². The second-order valence-corrected chi connectivity index (χ2v) is 8.77. The molecule has 162 valence electrons. The van der Waals surface area contributed by atoms with E-state index in [1.807, 2.05) is 31.2 Å². The van der Waals surface area contributed by atoms with Gasteiger partial charge in [0.2, 0.25) is 6.79 Å². The molecule has 0 unspecified atom stereocenters. The monoisotopic (exact) mass is 466 g/mol. The van der Waals surface area contributed by atoms with E-state index in [0.717, 1.165) is 5.56 Å². The van der Waals surface area contributed by atoms with Gasteiger partial charge in [0.25, 0.3) is 11.5 Å². The Morgan fingerprint density at radius 2 is 2.06 bits per heavy atom. The number of carbonyl (C=O) groups is 1. The van der Waals surface area contributed by atoms with Crippen molar-refractivity contribution in [3.05, 3.63) is 69.0 Å². The standard InChI is InChI=1S/C22H18N4O4S2/c1-2-23-19-14(20(27)25-8-4-3-5-18(25)24-19)10-17-21(28)26(22(31)32-17)11-13-6-7-15-16(9-13)30-12-29-15/h3-10,23H,2,11-12H2,1H3/b17-10-. The van der Waals surface area contributed by atoms with Crippen molar-refractivity contribution in [1.29, 1.82) is 0 Å². The number of thioether (sulfide) groups is 1. The van der Waals surface area contributed by atoms with Crippen LogP contribution in [0, 0.1) is 0 Å². The minimum Gasteiger partial charge on any atom is -0.454 e. The van der Waals surface area contributed by atoms with Crippen molar-refractivity contribution in [3.8, 4) is 11.5 Å². The van der Waals surface area contributed by atoms with Crippen molar-refractivity contribution >= 4 is 51.7 Å². The van der Waals surface area contributed by atoms with E-state index in [9.17, 15) is 9.59 Å². The quantitative estimate of drug-likeness (QED) is 0.453. The third kappa shape index (κ3) is 3.61. The molecular weight excluding hydrogens is 448 g/mol. The van der Waals surface area contributed by atoms with Crippen molar-refractivity contribution in [2.45, 2.75) is 13.5 Å². The molecule has 1 fully saturated rings. The normalized spacial score (nSPS) is 16.4. The lowest BCUT2D eigenvalue weighted by Crippen LogP contribution is -2.27. The van der Waals surface area contributed by atoms with Gasteiger partial charge in [0, 0.05) is 12.7 Å². The van der Waals surface area contributed by atoms with Gasteiger partial charge in [-0.2, -0.15) is 0 Å². The molecule has 10 heteroatoms. The number of rotatable bonds is 5. The Labute approximate surface area is 192 Å². The molecule has 0 bridgehead atoms. The number of benzene rings is 1. The van der Waals surface area contributed by atoms with Crippen LogP contribution in [0.3, 0.4) is 0 Å². The summed E-state index contributed by atoms with van der Waals surface area (Å²) >= 11 is 6.63. The second-order valence-electron chi connectivity index (χ2n) is 7.09. The number of anilines is 1. The molecule has 8 nitrogen and oxygen atoms in total. The topological polar surface area (TPSA) is 85.2 Å². The summed E-state index contributed by atoms with van der Waals surface area (Å²) in [4.78, 5) is 32.7. The van der Waals surface area contributed by atoms with Crippen molar-refractivity contribution in [3.63, 3.8) is 0 Å². The van der Waals surface area contributed by atoms with E-state index in [-0.39, 0.29) is 18.3 Å². The number of hydrogen-bond acceptors (Lipinski definition) is 8. The number of fused-ring (bicyclic) bond motifs is 2. The van der Waals surface area contributed by atoms with Gasteiger partial charge in [-0.25, -0.2) is 4.98 Å². The van der Waals surface area contributed by atoms with Gasteiger partial charge < -0.3 is 14.8 Å². The SMILES string of the molecule is CCNc1nc2ccccn2c(=O)c1/C=C1\SC(=S)N(Cc2ccc3c(c2)OCO3)C1=O. The summed E-state index contributed by atoms with van der Waals surface area (Å²) in [6, 6.07) is 10.9. The summed E-state index contributed by atoms with van der Waals surface area (Å²) in [5.74, 6) is 1.51. The summed E-state index contributed by atoms with van der Waals surface area (Å²) < 4.78 is 12.6. The summed E-state index contributed by atoms with van der Waals surface area (Å²) in [7, 11) is 0. The maximum atomic E-state index is 13.1. The van der Waals surface area contributed by atoms with Crippen LogP contribution in [-0.4, -0.2) is 37.8 Å². The number of thiocarbonyl (C=S) groups is 1. The molecule has 1 aromatic carbocycles. The molecule has 0 radical (unpaired) electrons. The number of ether oxygens (including phenoxy) is 2. The highest BCUT2D eigenvalue weighted by Crippen LogP contribution is 2.36. The van der Waals surface area contributed by atoms with E-state index in [4.69, 9.17) is 21.7 Å². The Morgan fingerprint density at radius 3 is 2.91 bits per heavy atom.